The summed E-state index contributed by atoms with van der Waals surface area (Å²) in [6.07, 6.45) is 4.59. The van der Waals surface area contributed by atoms with Crippen LogP contribution in [0.5, 0.6) is 0 Å². The van der Waals surface area contributed by atoms with E-state index in [1.54, 1.807) is 6.07 Å². The first kappa shape index (κ1) is 16.9. The van der Waals surface area contributed by atoms with Crippen LogP contribution in [0.15, 0.2) is 48.5 Å². The van der Waals surface area contributed by atoms with E-state index >= 15 is 0 Å². The van der Waals surface area contributed by atoms with Gasteiger partial charge in [-0.2, -0.15) is 0 Å². The van der Waals surface area contributed by atoms with Crippen LogP contribution in [-0.4, -0.2) is 0 Å². The number of benzene rings is 3. The molecule has 3 heteroatoms. The van der Waals surface area contributed by atoms with Gasteiger partial charge < -0.3 is 0 Å². The molecule has 0 aliphatic heterocycles. The zero-order chi connectivity index (χ0) is 17.1. The fourth-order valence-electron chi connectivity index (χ4n) is 2.95. The number of unbranched alkanes of at least 4 members (excludes halogenated alkanes) is 2. The van der Waals surface area contributed by atoms with Crippen LogP contribution in [-0.2, 0) is 6.42 Å². The lowest BCUT2D eigenvalue weighted by Gasteiger charge is -2.09. The molecule has 0 saturated carbocycles. The molecule has 0 amide bonds. The summed E-state index contributed by atoms with van der Waals surface area (Å²) < 4.78 is 26.6. The summed E-state index contributed by atoms with van der Waals surface area (Å²) in [7, 11) is 0. The lowest BCUT2D eigenvalue weighted by molar-refractivity contribution is 0.509. The van der Waals surface area contributed by atoms with Crippen molar-refractivity contribution in [1.29, 1.82) is 0 Å². The summed E-state index contributed by atoms with van der Waals surface area (Å²) in [5.74, 6) is -1.68. The Kier molecular flexibility index (Phi) is 5.15. The second kappa shape index (κ2) is 7.31. The summed E-state index contributed by atoms with van der Waals surface area (Å²) in [5, 5.41) is 2.70. The molecule has 0 bridgehead atoms. The maximum Gasteiger partial charge on any atom is 0.159 e. The third kappa shape index (κ3) is 3.59. The minimum Gasteiger partial charge on any atom is -0.204 e. The van der Waals surface area contributed by atoms with Gasteiger partial charge in [-0.1, -0.05) is 55.6 Å². The number of rotatable bonds is 5. The van der Waals surface area contributed by atoms with Gasteiger partial charge in [0.05, 0.1) is 0 Å². The molecule has 124 valence electrons. The SMILES string of the molecule is CCCCCc1cc(Cl)c2cc(-c3ccc(F)c(F)c3)ccc2c1. The van der Waals surface area contributed by atoms with Crippen molar-refractivity contribution in [3.63, 3.8) is 0 Å². The van der Waals surface area contributed by atoms with Gasteiger partial charge in [-0.3, -0.25) is 0 Å². The van der Waals surface area contributed by atoms with Gasteiger partial charge in [-0.05, 0) is 59.2 Å². The first-order chi connectivity index (χ1) is 11.6. The first-order valence-corrected chi connectivity index (χ1v) is 8.64. The van der Waals surface area contributed by atoms with E-state index in [1.165, 1.54) is 24.5 Å². The van der Waals surface area contributed by atoms with Crippen LogP contribution in [0.1, 0.15) is 31.7 Å². The second-order valence-electron chi connectivity index (χ2n) is 6.10. The zero-order valence-electron chi connectivity index (χ0n) is 13.6. The number of aryl methyl sites for hydroxylation is 1. The van der Waals surface area contributed by atoms with E-state index in [4.69, 9.17) is 11.6 Å². The van der Waals surface area contributed by atoms with Gasteiger partial charge in [0.15, 0.2) is 11.6 Å². The molecular formula is C21H19ClF2. The van der Waals surface area contributed by atoms with Crippen LogP contribution in [0.4, 0.5) is 8.78 Å². The van der Waals surface area contributed by atoms with Crippen molar-refractivity contribution in [3.8, 4) is 11.1 Å². The molecule has 0 aliphatic rings. The minimum atomic E-state index is -0.843. The molecule has 3 rings (SSSR count). The molecule has 0 heterocycles. The molecule has 3 aromatic carbocycles. The molecule has 24 heavy (non-hydrogen) atoms. The molecule has 0 N–H and O–H groups in total. The standard InChI is InChI=1S/C21H19ClF2/c1-2-3-4-5-14-10-17-7-6-15(12-18(17)19(22)11-14)16-8-9-20(23)21(24)13-16/h6-13H,2-5H2,1H3. The Morgan fingerprint density at radius 1 is 0.833 bits per heavy atom. The molecule has 0 atom stereocenters. The van der Waals surface area contributed by atoms with Gasteiger partial charge in [-0.25, -0.2) is 8.78 Å². The first-order valence-electron chi connectivity index (χ1n) is 8.26. The molecule has 0 fully saturated rings. The van der Waals surface area contributed by atoms with Crippen LogP contribution in [0.3, 0.4) is 0 Å². The van der Waals surface area contributed by atoms with Gasteiger partial charge >= 0.3 is 0 Å². The van der Waals surface area contributed by atoms with E-state index in [0.29, 0.717) is 10.6 Å². The molecule has 0 nitrogen and oxygen atoms in total. The summed E-state index contributed by atoms with van der Waals surface area (Å²) in [4.78, 5) is 0. The molecule has 0 aliphatic carbocycles. The van der Waals surface area contributed by atoms with Crippen molar-refractivity contribution in [1.82, 2.24) is 0 Å². The Morgan fingerprint density at radius 3 is 2.33 bits per heavy atom. The van der Waals surface area contributed by atoms with Crippen molar-refractivity contribution in [2.24, 2.45) is 0 Å². The third-order valence-electron chi connectivity index (χ3n) is 4.29. The number of hydrogen-bond acceptors (Lipinski definition) is 0. The largest absolute Gasteiger partial charge is 0.204 e. The topological polar surface area (TPSA) is 0 Å². The maximum absolute atomic E-state index is 13.5. The summed E-state index contributed by atoms with van der Waals surface area (Å²) in [6.45, 7) is 2.19. The highest BCUT2D eigenvalue weighted by Gasteiger charge is 2.08. The fraction of sp³-hybridized carbons (Fsp3) is 0.238. The van der Waals surface area contributed by atoms with Crippen molar-refractivity contribution in [2.75, 3.05) is 0 Å². The highest BCUT2D eigenvalue weighted by Crippen LogP contribution is 2.31. The quantitative estimate of drug-likeness (QED) is 0.430. The molecule has 0 saturated heterocycles. The molecule has 0 aromatic heterocycles. The lowest BCUT2D eigenvalue weighted by Crippen LogP contribution is -1.89. The second-order valence-corrected chi connectivity index (χ2v) is 6.51. The van der Waals surface area contributed by atoms with E-state index in [1.807, 2.05) is 24.3 Å². The minimum absolute atomic E-state index is 0.638. The fourth-order valence-corrected chi connectivity index (χ4v) is 3.25. The Morgan fingerprint density at radius 2 is 1.58 bits per heavy atom. The van der Waals surface area contributed by atoms with E-state index < -0.39 is 11.6 Å². The molecule has 0 radical (unpaired) electrons. The lowest BCUT2D eigenvalue weighted by atomic mass is 9.98. The van der Waals surface area contributed by atoms with Crippen LogP contribution in [0, 0.1) is 11.6 Å². The summed E-state index contributed by atoms with van der Waals surface area (Å²) in [6, 6.07) is 13.9. The average molecular weight is 345 g/mol. The highest BCUT2D eigenvalue weighted by molar-refractivity contribution is 6.35. The van der Waals surface area contributed by atoms with Gasteiger partial charge in [0.25, 0.3) is 0 Å². The average Bonchev–Trinajstić information content (AvgIpc) is 2.57. The molecule has 3 aromatic rings. The highest BCUT2D eigenvalue weighted by atomic mass is 35.5. The van der Waals surface area contributed by atoms with Crippen LogP contribution in [0.25, 0.3) is 21.9 Å². The molecular weight excluding hydrogens is 326 g/mol. The number of hydrogen-bond donors (Lipinski definition) is 0. The van der Waals surface area contributed by atoms with Crippen molar-refractivity contribution in [3.05, 3.63) is 70.8 Å². The maximum atomic E-state index is 13.5. The summed E-state index contributed by atoms with van der Waals surface area (Å²) in [5.41, 5.74) is 2.70. The zero-order valence-corrected chi connectivity index (χ0v) is 14.3. The van der Waals surface area contributed by atoms with E-state index in [-0.39, 0.29) is 0 Å². The van der Waals surface area contributed by atoms with E-state index in [2.05, 4.69) is 13.0 Å². The van der Waals surface area contributed by atoms with Crippen LogP contribution in [0.2, 0.25) is 5.02 Å². The van der Waals surface area contributed by atoms with Gasteiger partial charge in [-0.15, -0.1) is 0 Å². The van der Waals surface area contributed by atoms with Crippen molar-refractivity contribution >= 4 is 22.4 Å². The number of fused-ring (bicyclic) bond motifs is 1. The van der Waals surface area contributed by atoms with E-state index in [0.717, 1.165) is 35.2 Å². The third-order valence-corrected chi connectivity index (χ3v) is 4.60. The Hall–Kier alpha value is -1.93. The number of halogens is 3. The van der Waals surface area contributed by atoms with Gasteiger partial charge in [0, 0.05) is 10.4 Å². The Labute approximate surface area is 146 Å². The molecule has 0 spiro atoms. The van der Waals surface area contributed by atoms with Gasteiger partial charge in [0.2, 0.25) is 0 Å². The van der Waals surface area contributed by atoms with Gasteiger partial charge in [0.1, 0.15) is 0 Å². The van der Waals surface area contributed by atoms with Crippen molar-refractivity contribution in [2.45, 2.75) is 32.6 Å². The van der Waals surface area contributed by atoms with Crippen LogP contribution < -0.4 is 0 Å². The van der Waals surface area contributed by atoms with Crippen LogP contribution >= 0.6 is 11.6 Å². The van der Waals surface area contributed by atoms with Crippen molar-refractivity contribution < 1.29 is 8.78 Å². The Balaban J connectivity index is 1.97. The van der Waals surface area contributed by atoms with E-state index in [9.17, 15) is 8.78 Å². The molecule has 0 unspecified atom stereocenters. The smallest absolute Gasteiger partial charge is 0.159 e. The monoisotopic (exact) mass is 344 g/mol. The Bertz CT molecular complexity index is 871. The predicted molar refractivity (Wildman–Crippen MR) is 97.5 cm³/mol. The predicted octanol–water partition coefficient (Wildman–Crippen LogP) is 7.17. The normalized spacial score (nSPS) is 11.2. The summed E-state index contributed by atoms with van der Waals surface area (Å²) >= 11 is 6.46.